The molecule has 1 aromatic heterocycles. The molecule has 1 aromatic rings. The van der Waals surface area contributed by atoms with E-state index in [0.717, 1.165) is 37.5 Å². The first-order valence-corrected chi connectivity index (χ1v) is 6.98. The quantitative estimate of drug-likeness (QED) is 0.663. The lowest BCUT2D eigenvalue weighted by Gasteiger charge is -2.22. The van der Waals surface area contributed by atoms with Crippen LogP contribution in [0.5, 0.6) is 0 Å². The first-order valence-electron chi connectivity index (χ1n) is 6.98. The van der Waals surface area contributed by atoms with Crippen LogP contribution in [0.2, 0.25) is 0 Å². The molecule has 1 rings (SSSR count). The standard InChI is InChI=1S/C15H27NO3/c1-5-9-16-11-13-6-7-14(19-13)12-18-10-8-15(2,3)17-4/h6-7,16H,5,8-12H2,1-4H3. The van der Waals surface area contributed by atoms with Crippen LogP contribution in [0, 0.1) is 0 Å². The Kier molecular flexibility index (Phi) is 7.13. The number of hydrogen-bond donors (Lipinski definition) is 1. The van der Waals surface area contributed by atoms with Gasteiger partial charge in [0.2, 0.25) is 0 Å². The average Bonchev–Trinajstić information content (AvgIpc) is 2.83. The largest absolute Gasteiger partial charge is 0.462 e. The van der Waals surface area contributed by atoms with Crippen molar-refractivity contribution >= 4 is 0 Å². The molecule has 1 N–H and O–H groups in total. The van der Waals surface area contributed by atoms with E-state index in [1.165, 1.54) is 0 Å². The zero-order valence-electron chi connectivity index (χ0n) is 12.6. The van der Waals surface area contributed by atoms with Crippen molar-refractivity contribution in [2.45, 2.75) is 52.4 Å². The Bertz CT molecular complexity index is 347. The Labute approximate surface area is 116 Å². The van der Waals surface area contributed by atoms with Gasteiger partial charge >= 0.3 is 0 Å². The lowest BCUT2D eigenvalue weighted by Crippen LogP contribution is -2.24. The van der Waals surface area contributed by atoms with Gasteiger partial charge in [0.15, 0.2) is 0 Å². The molecule has 4 nitrogen and oxygen atoms in total. The molecule has 0 unspecified atom stereocenters. The number of hydrogen-bond acceptors (Lipinski definition) is 4. The normalized spacial score (nSPS) is 12.0. The number of methoxy groups -OCH3 is 1. The van der Waals surface area contributed by atoms with E-state index >= 15 is 0 Å². The van der Waals surface area contributed by atoms with Crippen LogP contribution in [0.15, 0.2) is 16.5 Å². The molecule has 19 heavy (non-hydrogen) atoms. The second kappa shape index (κ2) is 8.35. The van der Waals surface area contributed by atoms with Crippen LogP contribution in [0.4, 0.5) is 0 Å². The van der Waals surface area contributed by atoms with Crippen LogP contribution in [0.3, 0.4) is 0 Å². The first kappa shape index (κ1) is 16.2. The maximum absolute atomic E-state index is 5.67. The number of furan rings is 1. The molecular formula is C15H27NO3. The Morgan fingerprint density at radius 2 is 2.00 bits per heavy atom. The molecule has 0 aromatic carbocycles. The van der Waals surface area contributed by atoms with Crippen LogP contribution in [-0.2, 0) is 22.6 Å². The molecule has 110 valence electrons. The predicted molar refractivity (Wildman–Crippen MR) is 76.1 cm³/mol. The van der Waals surface area contributed by atoms with Crippen molar-refractivity contribution in [1.29, 1.82) is 0 Å². The molecule has 0 spiro atoms. The molecule has 0 saturated carbocycles. The minimum Gasteiger partial charge on any atom is -0.462 e. The molecule has 4 heteroatoms. The summed E-state index contributed by atoms with van der Waals surface area (Å²) in [6.45, 7) is 9.25. The summed E-state index contributed by atoms with van der Waals surface area (Å²) in [7, 11) is 1.72. The van der Waals surface area contributed by atoms with Crippen LogP contribution >= 0.6 is 0 Å². The molecule has 1 heterocycles. The van der Waals surface area contributed by atoms with E-state index < -0.39 is 0 Å². The van der Waals surface area contributed by atoms with Crippen LogP contribution in [0.1, 0.15) is 45.1 Å². The molecule has 0 fully saturated rings. The molecule has 0 bridgehead atoms. The summed E-state index contributed by atoms with van der Waals surface area (Å²) in [6.07, 6.45) is 2.00. The van der Waals surface area contributed by atoms with Gasteiger partial charge in [0.05, 0.1) is 12.1 Å². The molecule has 0 amide bonds. The second-order valence-electron chi connectivity index (χ2n) is 5.31. The zero-order valence-corrected chi connectivity index (χ0v) is 12.6. The lowest BCUT2D eigenvalue weighted by molar-refractivity contribution is -0.0144. The third-order valence-electron chi connectivity index (χ3n) is 3.09. The SMILES string of the molecule is CCCNCc1ccc(COCCC(C)(C)OC)o1. The number of nitrogens with one attached hydrogen (secondary N) is 1. The topological polar surface area (TPSA) is 43.6 Å². The van der Waals surface area contributed by atoms with E-state index in [1.807, 2.05) is 12.1 Å². The van der Waals surface area contributed by atoms with Gasteiger partial charge in [-0.3, -0.25) is 0 Å². The summed E-state index contributed by atoms with van der Waals surface area (Å²) in [4.78, 5) is 0. The fourth-order valence-electron chi connectivity index (χ4n) is 1.58. The maximum atomic E-state index is 5.67. The van der Waals surface area contributed by atoms with Crippen LogP contribution in [0.25, 0.3) is 0 Å². The highest BCUT2D eigenvalue weighted by molar-refractivity contribution is 5.06. The Balaban J connectivity index is 2.19. The van der Waals surface area contributed by atoms with Crippen molar-refractivity contribution in [3.8, 4) is 0 Å². The van der Waals surface area contributed by atoms with Crippen LogP contribution < -0.4 is 5.32 Å². The fourth-order valence-corrected chi connectivity index (χ4v) is 1.58. The zero-order chi connectivity index (χ0) is 14.1. The first-order chi connectivity index (χ1) is 9.07. The van der Waals surface area contributed by atoms with Gasteiger partial charge in [-0.05, 0) is 45.4 Å². The number of rotatable bonds is 10. The predicted octanol–water partition coefficient (Wildman–Crippen LogP) is 3.11. The minimum atomic E-state index is -0.127. The van der Waals surface area contributed by atoms with Gasteiger partial charge in [-0.1, -0.05) is 6.92 Å². The molecule has 0 aliphatic rings. The molecule has 0 radical (unpaired) electrons. The second-order valence-corrected chi connectivity index (χ2v) is 5.31. The highest BCUT2D eigenvalue weighted by atomic mass is 16.5. The third-order valence-corrected chi connectivity index (χ3v) is 3.09. The summed E-state index contributed by atoms with van der Waals surface area (Å²) < 4.78 is 16.6. The van der Waals surface area contributed by atoms with Gasteiger partial charge in [-0.15, -0.1) is 0 Å². The smallest absolute Gasteiger partial charge is 0.129 e. The molecular weight excluding hydrogens is 242 g/mol. The summed E-state index contributed by atoms with van der Waals surface area (Å²) in [5.41, 5.74) is -0.127. The van der Waals surface area contributed by atoms with E-state index in [2.05, 4.69) is 26.1 Å². The lowest BCUT2D eigenvalue weighted by atomic mass is 10.1. The summed E-state index contributed by atoms with van der Waals surface area (Å²) in [5.74, 6) is 1.84. The van der Waals surface area contributed by atoms with E-state index in [0.29, 0.717) is 13.2 Å². The Hall–Kier alpha value is -0.840. The molecule has 0 atom stereocenters. The third kappa shape index (κ3) is 6.76. The summed E-state index contributed by atoms with van der Waals surface area (Å²) in [6, 6.07) is 3.98. The van der Waals surface area contributed by atoms with Crippen molar-refractivity contribution in [2.24, 2.45) is 0 Å². The van der Waals surface area contributed by atoms with Crippen molar-refractivity contribution < 1.29 is 13.9 Å². The van der Waals surface area contributed by atoms with Gasteiger partial charge in [0, 0.05) is 13.7 Å². The van der Waals surface area contributed by atoms with E-state index in [9.17, 15) is 0 Å². The van der Waals surface area contributed by atoms with E-state index in [1.54, 1.807) is 7.11 Å². The van der Waals surface area contributed by atoms with Gasteiger partial charge in [0.25, 0.3) is 0 Å². The van der Waals surface area contributed by atoms with E-state index in [-0.39, 0.29) is 5.60 Å². The van der Waals surface area contributed by atoms with Crippen molar-refractivity contribution in [1.82, 2.24) is 5.32 Å². The van der Waals surface area contributed by atoms with Crippen molar-refractivity contribution in [2.75, 3.05) is 20.3 Å². The van der Waals surface area contributed by atoms with Gasteiger partial charge in [-0.2, -0.15) is 0 Å². The summed E-state index contributed by atoms with van der Waals surface area (Å²) >= 11 is 0. The van der Waals surface area contributed by atoms with Gasteiger partial charge in [-0.25, -0.2) is 0 Å². The average molecular weight is 269 g/mol. The Morgan fingerprint density at radius 3 is 2.68 bits per heavy atom. The molecule has 0 aliphatic carbocycles. The highest BCUT2D eigenvalue weighted by Crippen LogP contribution is 2.14. The maximum Gasteiger partial charge on any atom is 0.129 e. The van der Waals surface area contributed by atoms with Gasteiger partial charge < -0.3 is 19.2 Å². The summed E-state index contributed by atoms with van der Waals surface area (Å²) in [5, 5.41) is 3.31. The van der Waals surface area contributed by atoms with E-state index in [4.69, 9.17) is 13.9 Å². The fraction of sp³-hybridized carbons (Fsp3) is 0.733. The van der Waals surface area contributed by atoms with Crippen molar-refractivity contribution in [3.05, 3.63) is 23.7 Å². The minimum absolute atomic E-state index is 0.127. The highest BCUT2D eigenvalue weighted by Gasteiger charge is 2.15. The molecule has 0 aliphatic heterocycles. The van der Waals surface area contributed by atoms with Gasteiger partial charge in [0.1, 0.15) is 18.1 Å². The van der Waals surface area contributed by atoms with Crippen LogP contribution in [-0.4, -0.2) is 25.9 Å². The number of ether oxygens (including phenoxy) is 2. The molecule has 0 saturated heterocycles. The van der Waals surface area contributed by atoms with Crippen molar-refractivity contribution in [3.63, 3.8) is 0 Å². The monoisotopic (exact) mass is 269 g/mol. The Morgan fingerprint density at radius 1 is 1.26 bits per heavy atom.